The Balaban J connectivity index is 1.28. The van der Waals surface area contributed by atoms with Crippen LogP contribution in [0.2, 0.25) is 5.02 Å². The van der Waals surface area contributed by atoms with Gasteiger partial charge >= 0.3 is 6.09 Å². The van der Waals surface area contributed by atoms with Crippen molar-refractivity contribution in [3.8, 4) is 0 Å². The number of nitrogens with zero attached hydrogens (tertiary/aromatic N) is 3. The van der Waals surface area contributed by atoms with Crippen molar-refractivity contribution in [1.82, 2.24) is 20.2 Å². The summed E-state index contributed by atoms with van der Waals surface area (Å²) < 4.78 is 31.1. The third-order valence-corrected chi connectivity index (χ3v) is 11.0. The summed E-state index contributed by atoms with van der Waals surface area (Å²) in [6, 6.07) is 7.07. The molecule has 1 amide bonds. The SMILES string of the molecule is CC(C)S(=O)(=O)c1ccccc1Nc1nc(N[C@@H]2CCCN(CCCCCCCCCCCCCNC(=O)OC(C)(C)C)C2)ncc1Cl. The second-order valence-corrected chi connectivity index (χ2v) is 17.1. The fourth-order valence-electron chi connectivity index (χ4n) is 5.84. The van der Waals surface area contributed by atoms with Gasteiger partial charge in [-0.25, -0.2) is 18.2 Å². The molecule has 1 aromatic heterocycles. The first-order chi connectivity index (χ1) is 22.8. The van der Waals surface area contributed by atoms with E-state index >= 15 is 0 Å². The molecule has 12 heteroatoms. The lowest BCUT2D eigenvalue weighted by Gasteiger charge is -2.33. The quantitative estimate of drug-likeness (QED) is 0.116. The molecule has 1 aromatic carbocycles. The molecule has 1 atom stereocenters. The Bertz CT molecular complexity index is 1370. The fraction of sp³-hybridized carbons (Fsp3) is 0.694. The zero-order chi connectivity index (χ0) is 35.0. The summed E-state index contributed by atoms with van der Waals surface area (Å²) in [5, 5.41) is 9.23. The molecular formula is C36H59ClN6O4S. The average molecular weight is 707 g/mol. The van der Waals surface area contributed by atoms with Gasteiger partial charge in [0, 0.05) is 19.1 Å². The van der Waals surface area contributed by atoms with E-state index < -0.39 is 20.7 Å². The van der Waals surface area contributed by atoms with Crippen molar-refractivity contribution in [2.24, 2.45) is 0 Å². The first kappa shape index (κ1) is 39.8. The molecule has 3 rings (SSSR count). The molecule has 2 heterocycles. The highest BCUT2D eigenvalue weighted by atomic mass is 35.5. The Hall–Kier alpha value is -2.63. The Morgan fingerprint density at radius 1 is 1.00 bits per heavy atom. The van der Waals surface area contributed by atoms with Gasteiger partial charge < -0.3 is 25.6 Å². The number of hydrogen-bond acceptors (Lipinski definition) is 9. The number of carbonyl (C=O) groups is 1. The van der Waals surface area contributed by atoms with Crippen LogP contribution in [0.25, 0.3) is 0 Å². The predicted molar refractivity (Wildman–Crippen MR) is 197 cm³/mol. The summed E-state index contributed by atoms with van der Waals surface area (Å²) >= 11 is 6.42. The van der Waals surface area contributed by atoms with Gasteiger partial charge in [-0.3, -0.25) is 0 Å². The maximum atomic E-state index is 12.9. The van der Waals surface area contributed by atoms with E-state index in [1.54, 1.807) is 44.3 Å². The number of aromatic nitrogens is 2. The molecule has 10 nitrogen and oxygen atoms in total. The molecule has 48 heavy (non-hydrogen) atoms. The van der Waals surface area contributed by atoms with Gasteiger partial charge in [-0.2, -0.15) is 4.98 Å². The summed E-state index contributed by atoms with van der Waals surface area (Å²) in [5.41, 5.74) is 0.0000226. The molecule has 0 radical (unpaired) electrons. The van der Waals surface area contributed by atoms with Crippen molar-refractivity contribution < 1.29 is 17.9 Å². The molecule has 0 unspecified atom stereocenters. The van der Waals surface area contributed by atoms with Crippen molar-refractivity contribution in [3.63, 3.8) is 0 Å². The van der Waals surface area contributed by atoms with Crippen LogP contribution in [0.1, 0.15) is 118 Å². The fourth-order valence-corrected chi connectivity index (χ4v) is 7.18. The van der Waals surface area contributed by atoms with E-state index in [4.69, 9.17) is 16.3 Å². The second kappa shape index (κ2) is 20.1. The lowest BCUT2D eigenvalue weighted by atomic mass is 10.0. The van der Waals surface area contributed by atoms with Gasteiger partial charge in [0.1, 0.15) is 10.6 Å². The predicted octanol–water partition coefficient (Wildman–Crippen LogP) is 8.75. The number of benzene rings is 1. The standard InChI is InChI=1S/C36H59ClN6O4S/c1-28(2)48(45,46)32-22-16-15-21-31(32)41-33-30(37)26-39-34(42-33)40-29-20-19-25-43(27-29)24-18-14-12-10-8-6-7-9-11-13-17-23-38-35(44)47-36(3,4)5/h15-16,21-22,26,28-29H,6-14,17-20,23-25,27H2,1-5H3,(H,38,44)(H2,39,40,41,42)/t29-/m1/s1. The Labute approximate surface area is 294 Å². The number of rotatable bonds is 20. The van der Waals surface area contributed by atoms with Gasteiger partial charge in [0.15, 0.2) is 15.7 Å². The minimum Gasteiger partial charge on any atom is -0.444 e. The monoisotopic (exact) mass is 706 g/mol. The molecule has 1 aliphatic rings. The number of carbonyl (C=O) groups excluding carboxylic acids is 1. The average Bonchev–Trinajstić information content (AvgIpc) is 3.02. The Kier molecular flexibility index (Phi) is 16.7. The van der Waals surface area contributed by atoms with Gasteiger partial charge in [0.25, 0.3) is 0 Å². The third-order valence-electron chi connectivity index (χ3n) is 8.47. The molecule has 0 aliphatic carbocycles. The maximum absolute atomic E-state index is 12.9. The molecule has 1 aliphatic heterocycles. The van der Waals surface area contributed by atoms with Crippen LogP contribution in [0.15, 0.2) is 35.4 Å². The number of halogens is 1. The molecule has 0 spiro atoms. The topological polar surface area (TPSA) is 126 Å². The van der Waals surface area contributed by atoms with Crippen molar-refractivity contribution in [2.45, 2.75) is 140 Å². The van der Waals surface area contributed by atoms with E-state index in [-0.39, 0.29) is 17.0 Å². The minimum atomic E-state index is -3.49. The van der Waals surface area contributed by atoms with Crippen molar-refractivity contribution in [1.29, 1.82) is 0 Å². The van der Waals surface area contributed by atoms with Gasteiger partial charge in [-0.05, 0) is 85.5 Å². The van der Waals surface area contributed by atoms with Crippen LogP contribution < -0.4 is 16.0 Å². The smallest absolute Gasteiger partial charge is 0.407 e. The van der Waals surface area contributed by atoms with Crippen LogP contribution in [0.5, 0.6) is 0 Å². The zero-order valence-corrected chi connectivity index (χ0v) is 31.4. The minimum absolute atomic E-state index is 0.224. The number of unbranched alkanes of at least 4 members (excludes halogenated alkanes) is 10. The van der Waals surface area contributed by atoms with E-state index in [1.807, 2.05) is 20.8 Å². The first-order valence-corrected chi connectivity index (χ1v) is 19.9. The van der Waals surface area contributed by atoms with E-state index in [2.05, 4.69) is 30.8 Å². The van der Waals surface area contributed by atoms with Gasteiger partial charge in [-0.1, -0.05) is 81.5 Å². The number of nitrogens with one attached hydrogen (secondary N) is 3. The van der Waals surface area contributed by atoms with Crippen molar-refractivity contribution in [2.75, 3.05) is 36.8 Å². The molecule has 3 N–H and O–H groups in total. The van der Waals surface area contributed by atoms with E-state index in [9.17, 15) is 13.2 Å². The maximum Gasteiger partial charge on any atom is 0.407 e. The van der Waals surface area contributed by atoms with E-state index in [0.29, 0.717) is 29.0 Å². The lowest BCUT2D eigenvalue weighted by Crippen LogP contribution is -2.42. The summed E-state index contributed by atoms with van der Waals surface area (Å²) in [7, 11) is -3.49. The number of piperidine rings is 1. The second-order valence-electron chi connectivity index (χ2n) is 14.2. The number of para-hydroxylation sites is 1. The van der Waals surface area contributed by atoms with Gasteiger partial charge in [0.05, 0.1) is 22.0 Å². The lowest BCUT2D eigenvalue weighted by molar-refractivity contribution is 0.0527. The molecular weight excluding hydrogens is 648 g/mol. The highest BCUT2D eigenvalue weighted by Crippen LogP contribution is 2.30. The largest absolute Gasteiger partial charge is 0.444 e. The molecule has 1 saturated heterocycles. The summed E-state index contributed by atoms with van der Waals surface area (Å²) in [6.45, 7) is 12.8. The van der Waals surface area contributed by atoms with Gasteiger partial charge in [0.2, 0.25) is 5.95 Å². The van der Waals surface area contributed by atoms with Crippen LogP contribution in [0.4, 0.5) is 22.2 Å². The van der Waals surface area contributed by atoms with Crippen LogP contribution in [0.3, 0.4) is 0 Å². The first-order valence-electron chi connectivity index (χ1n) is 17.9. The summed E-state index contributed by atoms with van der Waals surface area (Å²) in [6.07, 6.45) is 17.0. The van der Waals surface area contributed by atoms with Gasteiger partial charge in [-0.15, -0.1) is 0 Å². The third kappa shape index (κ3) is 14.5. The zero-order valence-electron chi connectivity index (χ0n) is 29.8. The Morgan fingerprint density at radius 3 is 2.27 bits per heavy atom. The number of ether oxygens (including phenoxy) is 1. The van der Waals surface area contributed by atoms with Crippen LogP contribution in [-0.2, 0) is 14.6 Å². The molecule has 270 valence electrons. The highest BCUT2D eigenvalue weighted by Gasteiger charge is 2.24. The number of hydrogen-bond donors (Lipinski definition) is 3. The van der Waals surface area contributed by atoms with E-state index in [0.717, 1.165) is 45.3 Å². The van der Waals surface area contributed by atoms with Crippen LogP contribution in [-0.4, -0.2) is 72.5 Å². The molecule has 0 saturated carbocycles. The van der Waals surface area contributed by atoms with E-state index in [1.165, 1.54) is 57.8 Å². The number of likely N-dealkylation sites (tertiary alicyclic amines) is 1. The van der Waals surface area contributed by atoms with Crippen molar-refractivity contribution >= 4 is 45.0 Å². The number of alkyl carbamates (subject to hydrolysis) is 1. The summed E-state index contributed by atoms with van der Waals surface area (Å²) in [4.78, 5) is 23.4. The van der Waals surface area contributed by atoms with Crippen molar-refractivity contribution in [3.05, 3.63) is 35.5 Å². The molecule has 0 bridgehead atoms. The highest BCUT2D eigenvalue weighted by molar-refractivity contribution is 7.92. The molecule has 2 aromatic rings. The van der Waals surface area contributed by atoms with Crippen LogP contribution in [0, 0.1) is 0 Å². The summed E-state index contributed by atoms with van der Waals surface area (Å²) in [5.74, 6) is 0.853. The number of amides is 1. The Morgan fingerprint density at radius 2 is 1.62 bits per heavy atom. The molecule has 1 fully saturated rings. The number of sulfone groups is 1. The van der Waals surface area contributed by atoms with Crippen LogP contribution >= 0.6 is 11.6 Å². The normalized spacial score (nSPS) is 15.8. The number of anilines is 3.